The van der Waals surface area contributed by atoms with Crippen molar-refractivity contribution in [3.8, 4) is 17.2 Å². The van der Waals surface area contributed by atoms with Gasteiger partial charge in [0.25, 0.3) is 5.91 Å². The van der Waals surface area contributed by atoms with Crippen molar-refractivity contribution in [1.29, 1.82) is 0 Å². The average Bonchev–Trinajstić information content (AvgIpc) is 3.27. The molecule has 0 spiro atoms. The standard InChI is InChI=1S/C25H22N2O6S/c1-3-31-25(29)33-22-13-26-12-21-17(15-34-23(21)22)14-32-20-9-5-7-18(11-20)27-24(28)16-6-4-8-19(10-16)30-2/h4-13,15H,3,14H2,1-2H3,(H,27,28). The van der Waals surface area contributed by atoms with Crippen LogP contribution in [0.1, 0.15) is 22.8 Å². The molecule has 0 atom stereocenters. The van der Waals surface area contributed by atoms with Crippen LogP contribution in [-0.2, 0) is 11.3 Å². The molecule has 0 aliphatic heterocycles. The molecule has 0 saturated carbocycles. The minimum absolute atomic E-state index is 0.227. The number of nitrogens with zero attached hydrogens (tertiary/aromatic N) is 1. The van der Waals surface area contributed by atoms with Gasteiger partial charge in [0.15, 0.2) is 5.75 Å². The van der Waals surface area contributed by atoms with Crippen LogP contribution in [-0.4, -0.2) is 30.8 Å². The minimum atomic E-state index is -0.768. The normalized spacial score (nSPS) is 10.5. The van der Waals surface area contributed by atoms with Gasteiger partial charge in [0.2, 0.25) is 0 Å². The van der Waals surface area contributed by atoms with Crippen molar-refractivity contribution in [2.24, 2.45) is 0 Å². The first-order valence-corrected chi connectivity index (χ1v) is 11.3. The van der Waals surface area contributed by atoms with Crippen molar-refractivity contribution >= 4 is 39.2 Å². The predicted octanol–water partition coefficient (Wildman–Crippen LogP) is 5.67. The number of anilines is 1. The number of benzene rings is 2. The highest BCUT2D eigenvalue weighted by Gasteiger charge is 2.14. The molecule has 0 aliphatic rings. The summed E-state index contributed by atoms with van der Waals surface area (Å²) in [5.41, 5.74) is 1.99. The number of thiophene rings is 1. The summed E-state index contributed by atoms with van der Waals surface area (Å²) in [6.07, 6.45) is 2.41. The number of pyridine rings is 1. The monoisotopic (exact) mass is 478 g/mol. The van der Waals surface area contributed by atoms with Gasteiger partial charge in [-0.15, -0.1) is 11.3 Å². The molecule has 0 fully saturated rings. The van der Waals surface area contributed by atoms with Crippen LogP contribution in [0.3, 0.4) is 0 Å². The summed E-state index contributed by atoms with van der Waals surface area (Å²) in [4.78, 5) is 28.4. The number of methoxy groups -OCH3 is 1. The highest BCUT2D eigenvalue weighted by atomic mass is 32.1. The number of rotatable bonds is 8. The fraction of sp³-hybridized carbons (Fsp3) is 0.160. The van der Waals surface area contributed by atoms with Crippen molar-refractivity contribution in [2.75, 3.05) is 19.0 Å². The van der Waals surface area contributed by atoms with Crippen LogP contribution in [0.15, 0.2) is 66.3 Å². The average molecular weight is 479 g/mol. The quantitative estimate of drug-likeness (QED) is 0.326. The zero-order valence-corrected chi connectivity index (χ0v) is 19.4. The SMILES string of the molecule is CCOC(=O)Oc1cncc2c(COc3cccc(NC(=O)c4cccc(OC)c4)c3)csc12. The summed E-state index contributed by atoms with van der Waals surface area (Å²) in [5.74, 6) is 1.29. The molecule has 34 heavy (non-hydrogen) atoms. The number of amides is 1. The van der Waals surface area contributed by atoms with E-state index in [1.54, 1.807) is 62.7 Å². The fourth-order valence-corrected chi connectivity index (χ4v) is 4.16. The van der Waals surface area contributed by atoms with E-state index in [1.807, 2.05) is 11.4 Å². The molecule has 2 aromatic carbocycles. The Morgan fingerprint density at radius 1 is 1.06 bits per heavy atom. The van der Waals surface area contributed by atoms with Crippen molar-refractivity contribution in [3.63, 3.8) is 0 Å². The molecule has 0 saturated heterocycles. The van der Waals surface area contributed by atoms with Gasteiger partial charge in [0, 0.05) is 34.5 Å². The van der Waals surface area contributed by atoms with Crippen LogP contribution in [0.4, 0.5) is 10.5 Å². The van der Waals surface area contributed by atoms with E-state index in [2.05, 4.69) is 10.3 Å². The lowest BCUT2D eigenvalue weighted by molar-refractivity contribution is 0.102. The number of carbonyl (C=O) groups is 2. The van der Waals surface area contributed by atoms with Gasteiger partial charge in [-0.2, -0.15) is 0 Å². The van der Waals surface area contributed by atoms with Gasteiger partial charge in [-0.1, -0.05) is 12.1 Å². The van der Waals surface area contributed by atoms with Gasteiger partial charge in [-0.25, -0.2) is 4.79 Å². The molecule has 2 heterocycles. The van der Waals surface area contributed by atoms with E-state index in [1.165, 1.54) is 17.5 Å². The smallest absolute Gasteiger partial charge is 0.497 e. The number of hydrogen-bond acceptors (Lipinski definition) is 8. The van der Waals surface area contributed by atoms with Gasteiger partial charge in [-0.3, -0.25) is 9.78 Å². The van der Waals surface area contributed by atoms with Gasteiger partial charge in [0.1, 0.15) is 18.1 Å². The lowest BCUT2D eigenvalue weighted by atomic mass is 10.2. The second-order valence-corrected chi connectivity index (χ2v) is 7.94. The van der Waals surface area contributed by atoms with E-state index in [4.69, 9.17) is 18.9 Å². The van der Waals surface area contributed by atoms with E-state index < -0.39 is 6.16 Å². The van der Waals surface area contributed by atoms with Gasteiger partial charge in [-0.05, 0) is 42.6 Å². The van der Waals surface area contributed by atoms with Crippen LogP contribution in [0.25, 0.3) is 10.1 Å². The molecule has 8 nitrogen and oxygen atoms in total. The molecule has 4 rings (SSSR count). The van der Waals surface area contributed by atoms with Gasteiger partial charge < -0.3 is 24.3 Å². The van der Waals surface area contributed by atoms with E-state index >= 15 is 0 Å². The molecule has 2 aromatic heterocycles. The lowest BCUT2D eigenvalue weighted by Crippen LogP contribution is -2.12. The maximum Gasteiger partial charge on any atom is 0.513 e. The Balaban J connectivity index is 1.44. The van der Waals surface area contributed by atoms with Crippen molar-refractivity contribution < 1.29 is 28.5 Å². The Hall–Kier alpha value is -4.11. The summed E-state index contributed by atoms with van der Waals surface area (Å²) >= 11 is 1.43. The van der Waals surface area contributed by atoms with Crippen LogP contribution in [0.2, 0.25) is 0 Å². The van der Waals surface area contributed by atoms with E-state index in [0.717, 1.165) is 15.6 Å². The molecular formula is C25H22N2O6S. The summed E-state index contributed by atoms with van der Waals surface area (Å²) < 4.78 is 22.0. The summed E-state index contributed by atoms with van der Waals surface area (Å²) in [5, 5.41) is 5.62. The van der Waals surface area contributed by atoms with Gasteiger partial charge in [0.05, 0.1) is 24.6 Å². The summed E-state index contributed by atoms with van der Waals surface area (Å²) in [6, 6.07) is 14.1. The van der Waals surface area contributed by atoms with Crippen molar-refractivity contribution in [3.05, 3.63) is 77.4 Å². The number of nitrogens with one attached hydrogen (secondary N) is 1. The predicted molar refractivity (Wildman–Crippen MR) is 129 cm³/mol. The first kappa shape index (κ1) is 23.1. The third-order valence-electron chi connectivity index (χ3n) is 4.80. The van der Waals surface area contributed by atoms with Crippen LogP contribution in [0, 0.1) is 0 Å². The Morgan fingerprint density at radius 2 is 1.88 bits per heavy atom. The summed E-state index contributed by atoms with van der Waals surface area (Å²) in [7, 11) is 1.55. The van der Waals surface area contributed by atoms with Crippen LogP contribution >= 0.6 is 11.3 Å². The Morgan fingerprint density at radius 3 is 2.71 bits per heavy atom. The second kappa shape index (κ2) is 10.7. The van der Waals surface area contributed by atoms with Crippen molar-refractivity contribution in [2.45, 2.75) is 13.5 Å². The maximum atomic E-state index is 12.6. The van der Waals surface area contributed by atoms with Crippen molar-refractivity contribution in [1.82, 2.24) is 4.98 Å². The topological polar surface area (TPSA) is 96.0 Å². The van der Waals surface area contributed by atoms with Crippen LogP contribution in [0.5, 0.6) is 17.2 Å². The molecular weight excluding hydrogens is 456 g/mol. The molecule has 4 aromatic rings. The van der Waals surface area contributed by atoms with E-state index in [-0.39, 0.29) is 19.1 Å². The molecule has 1 amide bonds. The zero-order valence-electron chi connectivity index (χ0n) is 18.6. The molecule has 0 radical (unpaired) electrons. The number of carbonyl (C=O) groups excluding carboxylic acids is 2. The number of hydrogen-bond donors (Lipinski definition) is 1. The molecule has 0 unspecified atom stereocenters. The molecule has 1 N–H and O–H groups in total. The maximum absolute atomic E-state index is 12.6. The first-order valence-electron chi connectivity index (χ1n) is 10.4. The Kier molecular flexibility index (Phi) is 7.24. The number of fused-ring (bicyclic) bond motifs is 1. The highest BCUT2D eigenvalue weighted by Crippen LogP contribution is 2.34. The van der Waals surface area contributed by atoms with Crippen LogP contribution < -0.4 is 19.5 Å². The largest absolute Gasteiger partial charge is 0.513 e. The molecule has 174 valence electrons. The number of aromatic nitrogens is 1. The Labute approximate surface area is 200 Å². The number of ether oxygens (including phenoxy) is 4. The molecule has 0 aliphatic carbocycles. The van der Waals surface area contributed by atoms with E-state index in [9.17, 15) is 9.59 Å². The minimum Gasteiger partial charge on any atom is -0.497 e. The zero-order chi connectivity index (χ0) is 23.9. The molecule has 9 heteroatoms. The van der Waals surface area contributed by atoms with Gasteiger partial charge >= 0.3 is 6.16 Å². The van der Waals surface area contributed by atoms with E-state index in [0.29, 0.717) is 28.5 Å². The second-order valence-electron chi connectivity index (χ2n) is 7.06. The molecule has 0 bridgehead atoms. The fourth-order valence-electron chi connectivity index (χ4n) is 3.19. The highest BCUT2D eigenvalue weighted by molar-refractivity contribution is 7.17. The third kappa shape index (κ3) is 5.44. The lowest BCUT2D eigenvalue weighted by Gasteiger charge is -2.10. The summed E-state index contributed by atoms with van der Waals surface area (Å²) in [6.45, 7) is 2.21. The third-order valence-corrected chi connectivity index (χ3v) is 5.86. The Bertz CT molecular complexity index is 1320. The first-order chi connectivity index (χ1) is 16.6.